The molecule has 1 aromatic carbocycles. The Labute approximate surface area is 128 Å². The highest BCUT2D eigenvalue weighted by Gasteiger charge is 2.33. The highest BCUT2D eigenvalue weighted by atomic mass is 35.5. The highest BCUT2D eigenvalue weighted by Crippen LogP contribution is 2.33. The van der Waals surface area contributed by atoms with Gasteiger partial charge in [-0.2, -0.15) is 0 Å². The molecule has 5 heteroatoms. The summed E-state index contributed by atoms with van der Waals surface area (Å²) in [7, 11) is 0. The largest absolute Gasteiger partial charge is 0.359 e. The SMILES string of the molecule is Cc1cc(C2CCCN2C(=O)c2cccc(CCl)c2)on1. The molecule has 0 aliphatic carbocycles. The second kappa shape index (κ2) is 5.90. The minimum absolute atomic E-state index is 0.0154. The van der Waals surface area contributed by atoms with Gasteiger partial charge in [0.25, 0.3) is 5.91 Å². The number of aryl methyl sites for hydroxylation is 1. The molecule has 1 atom stereocenters. The Balaban J connectivity index is 1.85. The van der Waals surface area contributed by atoms with E-state index < -0.39 is 0 Å². The van der Waals surface area contributed by atoms with Crippen molar-refractivity contribution in [3.63, 3.8) is 0 Å². The van der Waals surface area contributed by atoms with E-state index in [1.807, 2.05) is 42.2 Å². The van der Waals surface area contributed by atoms with Crippen molar-refractivity contribution in [3.05, 3.63) is 52.9 Å². The number of hydrogen-bond donors (Lipinski definition) is 0. The zero-order chi connectivity index (χ0) is 14.8. The lowest BCUT2D eigenvalue weighted by molar-refractivity contribution is 0.0714. The number of rotatable bonds is 3. The Bertz CT molecular complexity index is 653. The van der Waals surface area contributed by atoms with E-state index in [1.54, 1.807) is 0 Å². The van der Waals surface area contributed by atoms with Gasteiger partial charge < -0.3 is 9.42 Å². The molecule has 1 aliphatic rings. The molecule has 1 saturated heterocycles. The first-order chi connectivity index (χ1) is 10.2. The Morgan fingerprint density at radius 3 is 3.05 bits per heavy atom. The molecule has 21 heavy (non-hydrogen) atoms. The van der Waals surface area contributed by atoms with Crippen LogP contribution in [0.3, 0.4) is 0 Å². The van der Waals surface area contributed by atoms with Gasteiger partial charge in [-0.05, 0) is 37.5 Å². The van der Waals surface area contributed by atoms with E-state index in [9.17, 15) is 4.79 Å². The van der Waals surface area contributed by atoms with Crippen LogP contribution in [0.15, 0.2) is 34.9 Å². The first kappa shape index (κ1) is 14.1. The number of likely N-dealkylation sites (tertiary alicyclic amines) is 1. The smallest absolute Gasteiger partial charge is 0.254 e. The van der Waals surface area contributed by atoms with E-state index in [0.29, 0.717) is 11.4 Å². The van der Waals surface area contributed by atoms with Gasteiger partial charge in [0.1, 0.15) is 0 Å². The van der Waals surface area contributed by atoms with Crippen molar-refractivity contribution < 1.29 is 9.32 Å². The summed E-state index contributed by atoms with van der Waals surface area (Å²) in [6.07, 6.45) is 1.89. The number of hydrogen-bond acceptors (Lipinski definition) is 3. The molecule has 1 aromatic heterocycles. The molecule has 1 unspecified atom stereocenters. The maximum absolute atomic E-state index is 12.7. The van der Waals surface area contributed by atoms with E-state index in [4.69, 9.17) is 16.1 Å². The molecule has 0 radical (unpaired) electrons. The van der Waals surface area contributed by atoms with Crippen molar-refractivity contribution in [2.75, 3.05) is 6.54 Å². The van der Waals surface area contributed by atoms with Crippen molar-refractivity contribution in [3.8, 4) is 0 Å². The van der Waals surface area contributed by atoms with E-state index in [0.717, 1.165) is 36.4 Å². The number of halogens is 1. The third-order valence-corrected chi connectivity index (χ3v) is 4.13. The Morgan fingerprint density at radius 2 is 2.33 bits per heavy atom. The maximum Gasteiger partial charge on any atom is 0.254 e. The van der Waals surface area contributed by atoms with Crippen LogP contribution >= 0.6 is 11.6 Å². The molecule has 2 aromatic rings. The van der Waals surface area contributed by atoms with Crippen molar-refractivity contribution in [1.29, 1.82) is 0 Å². The fourth-order valence-corrected chi connectivity index (χ4v) is 2.97. The van der Waals surface area contributed by atoms with Crippen LogP contribution in [0.1, 0.15) is 46.3 Å². The predicted octanol–water partition coefficient (Wildman–Crippen LogP) is 3.70. The summed E-state index contributed by atoms with van der Waals surface area (Å²) in [6, 6.07) is 9.37. The van der Waals surface area contributed by atoms with E-state index in [-0.39, 0.29) is 11.9 Å². The van der Waals surface area contributed by atoms with Gasteiger partial charge in [-0.1, -0.05) is 17.3 Å². The number of alkyl halides is 1. The van der Waals surface area contributed by atoms with Crippen LogP contribution in [0.4, 0.5) is 0 Å². The molecule has 0 saturated carbocycles. The summed E-state index contributed by atoms with van der Waals surface area (Å²) >= 11 is 5.84. The summed E-state index contributed by atoms with van der Waals surface area (Å²) < 4.78 is 5.34. The Hall–Kier alpha value is -1.81. The van der Waals surface area contributed by atoms with Crippen LogP contribution in [0.2, 0.25) is 0 Å². The monoisotopic (exact) mass is 304 g/mol. The molecular formula is C16H17ClN2O2. The number of amides is 1. The number of nitrogens with zero attached hydrogens (tertiary/aromatic N) is 2. The molecule has 1 amide bonds. The molecule has 0 N–H and O–H groups in total. The summed E-state index contributed by atoms with van der Waals surface area (Å²) in [5.74, 6) is 1.21. The Kier molecular flexibility index (Phi) is 3.97. The van der Waals surface area contributed by atoms with Crippen molar-refractivity contribution >= 4 is 17.5 Å². The molecule has 4 nitrogen and oxygen atoms in total. The summed E-state index contributed by atoms with van der Waals surface area (Å²) in [6.45, 7) is 2.63. The topological polar surface area (TPSA) is 46.3 Å². The second-order valence-corrected chi connectivity index (χ2v) is 5.63. The molecule has 2 heterocycles. The van der Waals surface area contributed by atoms with Gasteiger partial charge in [0.15, 0.2) is 5.76 Å². The van der Waals surface area contributed by atoms with E-state index in [2.05, 4.69) is 5.16 Å². The van der Waals surface area contributed by atoms with Crippen LogP contribution in [0.25, 0.3) is 0 Å². The van der Waals surface area contributed by atoms with Gasteiger partial charge in [-0.25, -0.2) is 0 Å². The van der Waals surface area contributed by atoms with Gasteiger partial charge in [0.2, 0.25) is 0 Å². The summed E-state index contributed by atoms with van der Waals surface area (Å²) in [5, 5.41) is 3.92. The van der Waals surface area contributed by atoms with Crippen LogP contribution in [0.5, 0.6) is 0 Å². The Morgan fingerprint density at radius 1 is 1.48 bits per heavy atom. The van der Waals surface area contributed by atoms with Crippen molar-refractivity contribution in [2.45, 2.75) is 31.7 Å². The lowest BCUT2D eigenvalue weighted by Crippen LogP contribution is -2.30. The van der Waals surface area contributed by atoms with Crippen molar-refractivity contribution in [1.82, 2.24) is 10.1 Å². The van der Waals surface area contributed by atoms with Crippen LogP contribution < -0.4 is 0 Å². The standard InChI is InChI=1S/C16H17ClN2O2/c1-11-8-15(21-18-11)14-6-3-7-19(14)16(20)13-5-2-4-12(9-13)10-17/h2,4-5,8-9,14H,3,6-7,10H2,1H3. The van der Waals surface area contributed by atoms with Crippen LogP contribution in [-0.4, -0.2) is 22.5 Å². The molecule has 3 rings (SSSR count). The molecule has 1 fully saturated rings. The minimum Gasteiger partial charge on any atom is -0.359 e. The average Bonchev–Trinajstić information content (AvgIpc) is 3.15. The maximum atomic E-state index is 12.7. The highest BCUT2D eigenvalue weighted by molar-refractivity contribution is 6.17. The van der Waals surface area contributed by atoms with Gasteiger partial charge in [-0.3, -0.25) is 4.79 Å². The third-order valence-electron chi connectivity index (χ3n) is 3.82. The predicted molar refractivity (Wildman–Crippen MR) is 80.3 cm³/mol. The van der Waals surface area contributed by atoms with Gasteiger partial charge in [0, 0.05) is 24.1 Å². The summed E-state index contributed by atoms with van der Waals surface area (Å²) in [4.78, 5) is 14.6. The van der Waals surface area contributed by atoms with Crippen LogP contribution in [-0.2, 0) is 5.88 Å². The molecular weight excluding hydrogens is 288 g/mol. The average molecular weight is 305 g/mol. The number of carbonyl (C=O) groups is 1. The zero-order valence-electron chi connectivity index (χ0n) is 11.9. The molecule has 1 aliphatic heterocycles. The fraction of sp³-hybridized carbons (Fsp3) is 0.375. The van der Waals surface area contributed by atoms with Gasteiger partial charge >= 0.3 is 0 Å². The fourth-order valence-electron chi connectivity index (χ4n) is 2.80. The van der Waals surface area contributed by atoms with Crippen LogP contribution in [0, 0.1) is 6.92 Å². The van der Waals surface area contributed by atoms with Gasteiger partial charge in [0.05, 0.1) is 11.7 Å². The minimum atomic E-state index is -0.0154. The number of carbonyl (C=O) groups excluding carboxylic acids is 1. The molecule has 0 bridgehead atoms. The first-order valence-corrected chi connectivity index (χ1v) is 7.61. The van der Waals surface area contributed by atoms with E-state index >= 15 is 0 Å². The lowest BCUT2D eigenvalue weighted by Gasteiger charge is -2.22. The molecule has 0 spiro atoms. The van der Waals surface area contributed by atoms with E-state index in [1.165, 1.54) is 0 Å². The second-order valence-electron chi connectivity index (χ2n) is 5.36. The quantitative estimate of drug-likeness (QED) is 0.812. The number of aromatic nitrogens is 1. The zero-order valence-corrected chi connectivity index (χ0v) is 12.6. The summed E-state index contributed by atoms with van der Waals surface area (Å²) in [5.41, 5.74) is 2.47. The normalized spacial score (nSPS) is 18.2. The molecule has 110 valence electrons. The lowest BCUT2D eigenvalue weighted by atomic mass is 10.1. The van der Waals surface area contributed by atoms with Crippen molar-refractivity contribution in [2.24, 2.45) is 0 Å². The van der Waals surface area contributed by atoms with Gasteiger partial charge in [-0.15, -0.1) is 11.6 Å². The first-order valence-electron chi connectivity index (χ1n) is 7.08. The third kappa shape index (κ3) is 2.81. The number of benzene rings is 1.